The van der Waals surface area contributed by atoms with Gasteiger partial charge in [-0.25, -0.2) is 4.79 Å². The van der Waals surface area contributed by atoms with Crippen LogP contribution >= 0.6 is 11.3 Å². The predicted molar refractivity (Wildman–Crippen MR) is 82.2 cm³/mol. The second kappa shape index (κ2) is 7.64. The molecule has 0 bridgehead atoms. The van der Waals surface area contributed by atoms with Crippen LogP contribution < -0.4 is 5.32 Å². The summed E-state index contributed by atoms with van der Waals surface area (Å²) in [7, 11) is 0. The lowest BCUT2D eigenvalue weighted by atomic mass is 10.1. The van der Waals surface area contributed by atoms with E-state index in [0.717, 1.165) is 19.4 Å². The molecule has 1 N–H and O–H groups in total. The molecule has 1 aliphatic heterocycles. The van der Waals surface area contributed by atoms with Crippen LogP contribution in [0.5, 0.6) is 0 Å². The van der Waals surface area contributed by atoms with E-state index in [-0.39, 0.29) is 12.1 Å². The SMILES string of the molecule is CC[C@@H]1COCCN1C(=O)NC[C@H](C)Cc1cccs1. The highest BCUT2D eigenvalue weighted by Crippen LogP contribution is 2.14. The van der Waals surface area contributed by atoms with Gasteiger partial charge in [-0.15, -0.1) is 11.3 Å². The zero-order valence-electron chi connectivity index (χ0n) is 12.3. The van der Waals surface area contributed by atoms with E-state index < -0.39 is 0 Å². The predicted octanol–water partition coefficient (Wildman–Crippen LogP) is 2.75. The molecular weight excluding hydrogens is 272 g/mol. The monoisotopic (exact) mass is 296 g/mol. The number of thiophene rings is 1. The van der Waals surface area contributed by atoms with Crippen molar-refractivity contribution in [1.82, 2.24) is 10.2 Å². The molecule has 1 fully saturated rings. The van der Waals surface area contributed by atoms with E-state index in [1.165, 1.54) is 4.88 Å². The standard InChI is InChI=1S/C15H24N2O2S/c1-3-13-11-19-7-6-17(13)15(18)16-10-12(2)9-14-5-4-8-20-14/h4-5,8,12-13H,3,6-7,9-11H2,1-2H3,(H,16,18)/t12-,13-/m1/s1. The second-order valence-corrected chi connectivity index (χ2v) is 6.44. The molecule has 1 saturated heterocycles. The first-order valence-electron chi connectivity index (χ1n) is 7.35. The van der Waals surface area contributed by atoms with E-state index in [2.05, 4.69) is 36.7 Å². The van der Waals surface area contributed by atoms with E-state index in [1.54, 1.807) is 11.3 Å². The van der Waals surface area contributed by atoms with Gasteiger partial charge in [0.15, 0.2) is 0 Å². The van der Waals surface area contributed by atoms with Crippen LogP contribution in [0.2, 0.25) is 0 Å². The number of hydrogen-bond donors (Lipinski definition) is 1. The number of nitrogens with zero attached hydrogens (tertiary/aromatic N) is 1. The second-order valence-electron chi connectivity index (χ2n) is 5.41. The third kappa shape index (κ3) is 4.21. The van der Waals surface area contributed by atoms with Gasteiger partial charge in [0.2, 0.25) is 0 Å². The molecule has 0 aliphatic carbocycles. The molecule has 4 nitrogen and oxygen atoms in total. The number of ether oxygens (including phenoxy) is 1. The molecule has 112 valence electrons. The Labute approximate surface area is 125 Å². The molecule has 0 spiro atoms. The summed E-state index contributed by atoms with van der Waals surface area (Å²) < 4.78 is 5.43. The Bertz CT molecular complexity index is 408. The van der Waals surface area contributed by atoms with Crippen LogP contribution in [0.3, 0.4) is 0 Å². The summed E-state index contributed by atoms with van der Waals surface area (Å²) in [5.41, 5.74) is 0. The van der Waals surface area contributed by atoms with Gasteiger partial charge in [-0.1, -0.05) is 19.9 Å². The van der Waals surface area contributed by atoms with Crippen LogP contribution in [0.4, 0.5) is 4.79 Å². The van der Waals surface area contributed by atoms with Crippen molar-refractivity contribution in [2.24, 2.45) is 5.92 Å². The summed E-state index contributed by atoms with van der Waals surface area (Å²) in [6, 6.07) is 4.50. The molecule has 2 amide bonds. The van der Waals surface area contributed by atoms with Crippen LogP contribution in [-0.4, -0.2) is 43.3 Å². The highest BCUT2D eigenvalue weighted by molar-refractivity contribution is 7.09. The number of amides is 2. The summed E-state index contributed by atoms with van der Waals surface area (Å²) in [5, 5.41) is 5.16. The number of rotatable bonds is 5. The van der Waals surface area contributed by atoms with Gasteiger partial charge in [-0.05, 0) is 30.2 Å². The molecule has 1 aromatic heterocycles. The lowest BCUT2D eigenvalue weighted by Gasteiger charge is -2.35. The zero-order chi connectivity index (χ0) is 14.4. The van der Waals surface area contributed by atoms with E-state index in [0.29, 0.717) is 25.7 Å². The molecule has 0 aromatic carbocycles. The fourth-order valence-electron chi connectivity index (χ4n) is 2.47. The summed E-state index contributed by atoms with van der Waals surface area (Å²) in [5.74, 6) is 0.457. The maximum Gasteiger partial charge on any atom is 0.317 e. The minimum Gasteiger partial charge on any atom is -0.377 e. The van der Waals surface area contributed by atoms with Gasteiger partial charge in [0.25, 0.3) is 0 Å². The molecule has 0 radical (unpaired) electrons. The molecule has 2 heterocycles. The largest absolute Gasteiger partial charge is 0.377 e. The van der Waals surface area contributed by atoms with Crippen molar-refractivity contribution >= 4 is 17.4 Å². The summed E-state index contributed by atoms with van der Waals surface area (Å²) in [6.45, 7) is 7.01. The van der Waals surface area contributed by atoms with Crippen LogP contribution in [0.15, 0.2) is 17.5 Å². The third-order valence-corrected chi connectivity index (χ3v) is 4.59. The summed E-state index contributed by atoms with van der Waals surface area (Å²) >= 11 is 1.78. The molecule has 20 heavy (non-hydrogen) atoms. The Morgan fingerprint density at radius 1 is 1.65 bits per heavy atom. The van der Waals surface area contributed by atoms with Gasteiger partial charge in [-0.2, -0.15) is 0 Å². The maximum absolute atomic E-state index is 12.2. The van der Waals surface area contributed by atoms with E-state index in [9.17, 15) is 4.79 Å². The van der Waals surface area contributed by atoms with Gasteiger partial charge >= 0.3 is 6.03 Å². The van der Waals surface area contributed by atoms with Crippen LogP contribution in [0.1, 0.15) is 25.1 Å². The van der Waals surface area contributed by atoms with E-state index in [1.807, 2.05) is 4.90 Å². The van der Waals surface area contributed by atoms with Crippen LogP contribution in [0, 0.1) is 5.92 Å². The number of carbonyl (C=O) groups is 1. The lowest BCUT2D eigenvalue weighted by molar-refractivity contribution is 0.0112. The first kappa shape index (κ1) is 15.3. The number of nitrogens with one attached hydrogen (secondary N) is 1. The van der Waals surface area contributed by atoms with Crippen molar-refractivity contribution in [3.8, 4) is 0 Å². The lowest BCUT2D eigenvalue weighted by Crippen LogP contribution is -2.52. The topological polar surface area (TPSA) is 41.6 Å². The van der Waals surface area contributed by atoms with E-state index in [4.69, 9.17) is 4.74 Å². The molecule has 5 heteroatoms. The highest BCUT2D eigenvalue weighted by atomic mass is 32.1. The fourth-order valence-corrected chi connectivity index (χ4v) is 3.34. The Balaban J connectivity index is 1.76. The molecule has 1 aromatic rings. The quantitative estimate of drug-likeness (QED) is 0.908. The number of urea groups is 1. The Morgan fingerprint density at radius 3 is 3.20 bits per heavy atom. The smallest absolute Gasteiger partial charge is 0.317 e. The van der Waals surface area contributed by atoms with Crippen molar-refractivity contribution in [1.29, 1.82) is 0 Å². The minimum atomic E-state index is 0.0539. The van der Waals surface area contributed by atoms with Crippen molar-refractivity contribution in [3.63, 3.8) is 0 Å². The molecule has 2 rings (SSSR count). The molecule has 1 aliphatic rings. The summed E-state index contributed by atoms with van der Waals surface area (Å²) in [6.07, 6.45) is 1.97. The number of morpholine rings is 1. The zero-order valence-corrected chi connectivity index (χ0v) is 13.1. The highest BCUT2D eigenvalue weighted by Gasteiger charge is 2.25. The van der Waals surface area contributed by atoms with Gasteiger partial charge in [0.05, 0.1) is 19.3 Å². The average Bonchev–Trinajstić information content (AvgIpc) is 2.97. The van der Waals surface area contributed by atoms with Gasteiger partial charge < -0.3 is 15.0 Å². The maximum atomic E-state index is 12.2. The Morgan fingerprint density at radius 2 is 2.50 bits per heavy atom. The van der Waals surface area contributed by atoms with Gasteiger partial charge in [0, 0.05) is 18.0 Å². The Kier molecular flexibility index (Phi) is 5.86. The minimum absolute atomic E-state index is 0.0539. The van der Waals surface area contributed by atoms with Gasteiger partial charge in [0.1, 0.15) is 0 Å². The van der Waals surface area contributed by atoms with Crippen LogP contribution in [0.25, 0.3) is 0 Å². The van der Waals surface area contributed by atoms with Gasteiger partial charge in [-0.3, -0.25) is 0 Å². The fraction of sp³-hybridized carbons (Fsp3) is 0.667. The molecule has 0 saturated carbocycles. The van der Waals surface area contributed by atoms with Crippen molar-refractivity contribution in [3.05, 3.63) is 22.4 Å². The van der Waals surface area contributed by atoms with Crippen molar-refractivity contribution in [2.75, 3.05) is 26.3 Å². The average molecular weight is 296 g/mol. The number of hydrogen-bond acceptors (Lipinski definition) is 3. The van der Waals surface area contributed by atoms with Crippen molar-refractivity contribution in [2.45, 2.75) is 32.7 Å². The molecular formula is C15H24N2O2S. The number of carbonyl (C=O) groups excluding carboxylic acids is 1. The Hall–Kier alpha value is -1.07. The first-order valence-corrected chi connectivity index (χ1v) is 8.23. The van der Waals surface area contributed by atoms with Crippen molar-refractivity contribution < 1.29 is 9.53 Å². The van der Waals surface area contributed by atoms with Crippen LogP contribution in [-0.2, 0) is 11.2 Å². The normalized spacial score (nSPS) is 20.7. The first-order chi connectivity index (χ1) is 9.70. The molecule has 0 unspecified atom stereocenters. The third-order valence-electron chi connectivity index (χ3n) is 3.69. The van der Waals surface area contributed by atoms with E-state index >= 15 is 0 Å². The molecule has 2 atom stereocenters. The summed E-state index contributed by atoms with van der Waals surface area (Å²) in [4.78, 5) is 15.5.